The van der Waals surface area contributed by atoms with Gasteiger partial charge in [-0.1, -0.05) is 26.2 Å². The van der Waals surface area contributed by atoms with Crippen LogP contribution in [0.2, 0.25) is 0 Å². The summed E-state index contributed by atoms with van der Waals surface area (Å²) in [6.07, 6.45) is 11.7. The molecule has 20 heavy (non-hydrogen) atoms. The number of aryl methyl sites for hydroxylation is 2. The Morgan fingerprint density at radius 1 is 1.35 bits per heavy atom. The smallest absolute Gasteiger partial charge is 0.220 e. The lowest BCUT2D eigenvalue weighted by atomic mass is 9.81. The van der Waals surface area contributed by atoms with Gasteiger partial charge in [0.15, 0.2) is 0 Å². The summed E-state index contributed by atoms with van der Waals surface area (Å²) < 4.78 is 1.78. The summed E-state index contributed by atoms with van der Waals surface area (Å²) in [6.45, 7) is 3.15. The zero-order valence-electron chi connectivity index (χ0n) is 12.8. The highest BCUT2D eigenvalue weighted by atomic mass is 16.1. The third kappa shape index (κ3) is 4.66. The van der Waals surface area contributed by atoms with Crippen molar-refractivity contribution in [2.75, 3.05) is 6.54 Å². The summed E-state index contributed by atoms with van der Waals surface area (Å²) in [5.41, 5.74) is 1.13. The minimum Gasteiger partial charge on any atom is -0.356 e. The molecule has 1 N–H and O–H groups in total. The molecule has 1 amide bonds. The van der Waals surface area contributed by atoms with Gasteiger partial charge < -0.3 is 5.32 Å². The Kier molecular flexibility index (Phi) is 5.62. The molecule has 1 aromatic heterocycles. The molecule has 0 saturated heterocycles. The summed E-state index contributed by atoms with van der Waals surface area (Å²) in [7, 11) is 1.90. The molecular formula is C16H27N3O. The monoisotopic (exact) mass is 277 g/mol. The molecule has 1 aliphatic rings. The van der Waals surface area contributed by atoms with Crippen LogP contribution >= 0.6 is 0 Å². The average Bonchev–Trinajstić information content (AvgIpc) is 2.89. The molecule has 112 valence electrons. The Hall–Kier alpha value is -1.32. The van der Waals surface area contributed by atoms with Crippen LogP contribution in [0, 0.1) is 11.8 Å². The lowest BCUT2D eigenvalue weighted by Crippen LogP contribution is -2.31. The summed E-state index contributed by atoms with van der Waals surface area (Å²) in [4.78, 5) is 11.8. The van der Waals surface area contributed by atoms with Gasteiger partial charge in [0.1, 0.15) is 0 Å². The molecule has 1 aliphatic carbocycles. The van der Waals surface area contributed by atoms with Crippen molar-refractivity contribution in [2.45, 2.75) is 51.9 Å². The Labute approximate surface area is 121 Å². The van der Waals surface area contributed by atoms with Gasteiger partial charge in [0.05, 0.1) is 6.20 Å². The first-order valence-corrected chi connectivity index (χ1v) is 7.91. The SMILES string of the molecule is CCC1CCC(CNC(=O)CCc2cnn(C)c2)CC1. The number of amides is 1. The predicted molar refractivity (Wildman–Crippen MR) is 80.3 cm³/mol. The molecule has 1 fully saturated rings. The second-order valence-corrected chi connectivity index (χ2v) is 6.12. The van der Waals surface area contributed by atoms with Gasteiger partial charge in [-0.2, -0.15) is 5.10 Å². The maximum Gasteiger partial charge on any atom is 0.220 e. The van der Waals surface area contributed by atoms with Crippen molar-refractivity contribution in [3.63, 3.8) is 0 Å². The molecule has 1 saturated carbocycles. The van der Waals surface area contributed by atoms with Crippen molar-refractivity contribution >= 4 is 5.91 Å². The Morgan fingerprint density at radius 3 is 2.65 bits per heavy atom. The largest absolute Gasteiger partial charge is 0.356 e. The van der Waals surface area contributed by atoms with Crippen molar-refractivity contribution in [3.05, 3.63) is 18.0 Å². The lowest BCUT2D eigenvalue weighted by Gasteiger charge is -2.27. The van der Waals surface area contributed by atoms with Crippen LogP contribution in [0.25, 0.3) is 0 Å². The Balaban J connectivity index is 1.60. The number of rotatable bonds is 6. The highest BCUT2D eigenvalue weighted by Crippen LogP contribution is 2.30. The second kappa shape index (κ2) is 7.46. The minimum absolute atomic E-state index is 0.173. The zero-order valence-corrected chi connectivity index (χ0v) is 12.8. The van der Waals surface area contributed by atoms with Crippen molar-refractivity contribution < 1.29 is 4.79 Å². The topological polar surface area (TPSA) is 46.9 Å². The molecule has 1 aromatic rings. The van der Waals surface area contributed by atoms with Gasteiger partial charge in [-0.25, -0.2) is 0 Å². The third-order valence-electron chi connectivity index (χ3n) is 4.53. The molecule has 0 atom stereocenters. The predicted octanol–water partition coefficient (Wildman–Crippen LogP) is 2.69. The van der Waals surface area contributed by atoms with Crippen molar-refractivity contribution in [3.8, 4) is 0 Å². The van der Waals surface area contributed by atoms with E-state index in [2.05, 4.69) is 17.3 Å². The van der Waals surface area contributed by atoms with E-state index in [0.717, 1.165) is 24.4 Å². The molecule has 2 rings (SSSR count). The quantitative estimate of drug-likeness (QED) is 0.869. The molecule has 0 unspecified atom stereocenters. The van der Waals surface area contributed by atoms with Crippen LogP contribution in [0.4, 0.5) is 0 Å². The van der Waals surface area contributed by atoms with Crippen molar-refractivity contribution in [1.82, 2.24) is 15.1 Å². The van der Waals surface area contributed by atoms with Crippen LogP contribution < -0.4 is 5.32 Å². The van der Waals surface area contributed by atoms with E-state index in [4.69, 9.17) is 0 Å². The first kappa shape index (κ1) is 15.1. The number of aromatic nitrogens is 2. The fourth-order valence-corrected chi connectivity index (χ4v) is 3.05. The first-order valence-electron chi connectivity index (χ1n) is 7.91. The molecule has 0 bridgehead atoms. The number of hydrogen-bond acceptors (Lipinski definition) is 2. The lowest BCUT2D eigenvalue weighted by molar-refractivity contribution is -0.121. The number of nitrogens with one attached hydrogen (secondary N) is 1. The maximum absolute atomic E-state index is 11.8. The van der Waals surface area contributed by atoms with E-state index in [0.29, 0.717) is 12.3 Å². The summed E-state index contributed by atoms with van der Waals surface area (Å²) in [5, 5.41) is 7.21. The molecular weight excluding hydrogens is 250 g/mol. The number of carbonyl (C=O) groups is 1. The van der Waals surface area contributed by atoms with E-state index in [1.807, 2.05) is 19.4 Å². The molecule has 0 aromatic carbocycles. The van der Waals surface area contributed by atoms with E-state index < -0.39 is 0 Å². The molecule has 0 spiro atoms. The highest BCUT2D eigenvalue weighted by Gasteiger charge is 2.20. The second-order valence-electron chi connectivity index (χ2n) is 6.12. The Bertz CT molecular complexity index is 419. The van der Waals surface area contributed by atoms with Crippen LogP contribution in [0.15, 0.2) is 12.4 Å². The Morgan fingerprint density at radius 2 is 2.05 bits per heavy atom. The van der Waals surface area contributed by atoms with Gasteiger partial charge in [-0.05, 0) is 36.7 Å². The van der Waals surface area contributed by atoms with E-state index in [-0.39, 0.29) is 5.91 Å². The van der Waals surface area contributed by atoms with Gasteiger partial charge in [-0.3, -0.25) is 9.48 Å². The minimum atomic E-state index is 0.173. The normalized spacial score (nSPS) is 22.7. The van der Waals surface area contributed by atoms with Gasteiger partial charge in [0.2, 0.25) is 5.91 Å². The number of hydrogen-bond donors (Lipinski definition) is 1. The molecule has 1 heterocycles. The third-order valence-corrected chi connectivity index (χ3v) is 4.53. The molecule has 0 aliphatic heterocycles. The van der Waals surface area contributed by atoms with Gasteiger partial charge >= 0.3 is 0 Å². The number of carbonyl (C=O) groups excluding carboxylic acids is 1. The van der Waals surface area contributed by atoms with Crippen LogP contribution in [0.3, 0.4) is 0 Å². The summed E-state index contributed by atoms with van der Waals surface area (Å²) in [6, 6.07) is 0. The summed E-state index contributed by atoms with van der Waals surface area (Å²) in [5.74, 6) is 1.79. The fourth-order valence-electron chi connectivity index (χ4n) is 3.05. The van der Waals surface area contributed by atoms with E-state index in [1.54, 1.807) is 4.68 Å². The van der Waals surface area contributed by atoms with Crippen LogP contribution in [-0.2, 0) is 18.3 Å². The summed E-state index contributed by atoms with van der Waals surface area (Å²) >= 11 is 0. The first-order chi connectivity index (χ1) is 9.67. The number of nitrogens with zero attached hydrogens (tertiary/aromatic N) is 2. The zero-order chi connectivity index (χ0) is 14.4. The van der Waals surface area contributed by atoms with E-state index in [1.165, 1.54) is 32.1 Å². The van der Waals surface area contributed by atoms with Crippen LogP contribution in [-0.4, -0.2) is 22.2 Å². The standard InChI is InChI=1S/C16H27N3O/c1-3-13-4-6-14(7-5-13)10-17-16(20)9-8-15-11-18-19(2)12-15/h11-14H,3-10H2,1-2H3,(H,17,20). The molecule has 4 heteroatoms. The van der Waals surface area contributed by atoms with Crippen LogP contribution in [0.1, 0.15) is 51.0 Å². The molecule has 0 radical (unpaired) electrons. The van der Waals surface area contributed by atoms with Gasteiger partial charge in [0.25, 0.3) is 0 Å². The maximum atomic E-state index is 11.8. The van der Waals surface area contributed by atoms with Gasteiger partial charge in [-0.15, -0.1) is 0 Å². The average molecular weight is 277 g/mol. The fraction of sp³-hybridized carbons (Fsp3) is 0.750. The highest BCUT2D eigenvalue weighted by molar-refractivity contribution is 5.76. The van der Waals surface area contributed by atoms with Crippen molar-refractivity contribution in [1.29, 1.82) is 0 Å². The molecule has 4 nitrogen and oxygen atoms in total. The van der Waals surface area contributed by atoms with Crippen molar-refractivity contribution in [2.24, 2.45) is 18.9 Å². The van der Waals surface area contributed by atoms with E-state index in [9.17, 15) is 4.79 Å². The van der Waals surface area contributed by atoms with Gasteiger partial charge in [0, 0.05) is 26.2 Å². The van der Waals surface area contributed by atoms with Crippen LogP contribution in [0.5, 0.6) is 0 Å². The van der Waals surface area contributed by atoms with E-state index >= 15 is 0 Å².